The summed E-state index contributed by atoms with van der Waals surface area (Å²) in [4.78, 5) is 1.45. The van der Waals surface area contributed by atoms with Gasteiger partial charge in [-0.15, -0.1) is 11.3 Å². The molecule has 1 atom stereocenters. The third-order valence-electron chi connectivity index (χ3n) is 3.29. The van der Waals surface area contributed by atoms with Crippen molar-refractivity contribution in [3.8, 4) is 0 Å². The molecule has 4 heteroatoms. The minimum absolute atomic E-state index is 0.352. The maximum absolute atomic E-state index is 5.95. The lowest BCUT2D eigenvalue weighted by atomic mass is 10.0. The van der Waals surface area contributed by atoms with Crippen LogP contribution in [0.5, 0.6) is 0 Å². The highest BCUT2D eigenvalue weighted by molar-refractivity contribution is 9.09. The average Bonchev–Trinajstić information content (AvgIpc) is 3.10. The van der Waals surface area contributed by atoms with Gasteiger partial charge in [0.2, 0.25) is 5.79 Å². The molecule has 0 aliphatic carbocycles. The first-order valence-corrected chi connectivity index (χ1v) is 8.08. The normalized spacial score (nSPS) is 19.5. The van der Waals surface area contributed by atoms with Crippen LogP contribution in [0.1, 0.15) is 27.8 Å². The summed E-state index contributed by atoms with van der Waals surface area (Å²) < 4.78 is 11.9. The number of hydrogen-bond donors (Lipinski definition) is 0. The molecule has 0 spiro atoms. The molecule has 19 heavy (non-hydrogen) atoms. The molecule has 1 fully saturated rings. The van der Waals surface area contributed by atoms with Crippen LogP contribution >= 0.6 is 27.3 Å². The van der Waals surface area contributed by atoms with Gasteiger partial charge in [0.05, 0.1) is 18.1 Å². The van der Waals surface area contributed by atoms with Crippen molar-refractivity contribution in [2.24, 2.45) is 0 Å². The minimum Gasteiger partial charge on any atom is -0.339 e. The van der Waals surface area contributed by atoms with Crippen LogP contribution in [0.2, 0.25) is 0 Å². The monoisotopic (exact) mass is 338 g/mol. The van der Waals surface area contributed by atoms with E-state index >= 15 is 0 Å². The van der Waals surface area contributed by atoms with Crippen LogP contribution in [0.3, 0.4) is 0 Å². The first-order valence-electron chi connectivity index (χ1n) is 6.29. The Kier molecular flexibility index (Phi) is 3.76. The minimum atomic E-state index is -0.706. The Hall–Kier alpha value is -0.680. The molecule has 1 unspecified atom stereocenters. The van der Waals surface area contributed by atoms with E-state index in [1.165, 1.54) is 5.56 Å². The Morgan fingerprint density at radius 3 is 2.37 bits per heavy atom. The van der Waals surface area contributed by atoms with E-state index in [0.717, 1.165) is 10.4 Å². The van der Waals surface area contributed by atoms with Crippen molar-refractivity contribution < 1.29 is 9.47 Å². The van der Waals surface area contributed by atoms with Gasteiger partial charge in [-0.2, -0.15) is 0 Å². The van der Waals surface area contributed by atoms with Crippen molar-refractivity contribution in [2.75, 3.05) is 13.2 Å². The zero-order valence-electron chi connectivity index (χ0n) is 10.6. The second kappa shape index (κ2) is 5.37. The Morgan fingerprint density at radius 1 is 1.16 bits per heavy atom. The van der Waals surface area contributed by atoms with Gasteiger partial charge < -0.3 is 9.47 Å². The van der Waals surface area contributed by atoms with Crippen LogP contribution < -0.4 is 0 Å². The lowest BCUT2D eigenvalue weighted by Gasteiger charge is -2.27. The van der Waals surface area contributed by atoms with Gasteiger partial charge in [0, 0.05) is 10.4 Å². The van der Waals surface area contributed by atoms with Gasteiger partial charge in [0.25, 0.3) is 0 Å². The molecule has 0 radical (unpaired) electrons. The standard InChI is InChI=1S/C15H15BrO2S/c1-11(16)12-4-6-13(7-5-12)15(17-8-9-18-15)14-3-2-10-19-14/h2-7,10-11H,8-9H2,1H3. The van der Waals surface area contributed by atoms with E-state index in [4.69, 9.17) is 9.47 Å². The third-order valence-corrected chi connectivity index (χ3v) is 4.77. The summed E-state index contributed by atoms with van der Waals surface area (Å²) in [7, 11) is 0. The van der Waals surface area contributed by atoms with E-state index in [1.807, 2.05) is 6.07 Å². The van der Waals surface area contributed by atoms with Gasteiger partial charge in [0.1, 0.15) is 0 Å². The molecule has 0 N–H and O–H groups in total. The van der Waals surface area contributed by atoms with Crippen LogP contribution in [0.15, 0.2) is 41.8 Å². The molecule has 2 heterocycles. The highest BCUT2D eigenvalue weighted by Gasteiger charge is 2.41. The number of rotatable bonds is 3. The number of ether oxygens (including phenoxy) is 2. The topological polar surface area (TPSA) is 18.5 Å². The van der Waals surface area contributed by atoms with Crippen LogP contribution in [0.4, 0.5) is 0 Å². The van der Waals surface area contributed by atoms with Gasteiger partial charge >= 0.3 is 0 Å². The van der Waals surface area contributed by atoms with E-state index < -0.39 is 5.79 Å². The maximum Gasteiger partial charge on any atom is 0.232 e. The molecule has 3 rings (SSSR count). The van der Waals surface area contributed by atoms with Gasteiger partial charge in [0.15, 0.2) is 0 Å². The molecule has 0 bridgehead atoms. The fraction of sp³-hybridized carbons (Fsp3) is 0.333. The lowest BCUT2D eigenvalue weighted by Crippen LogP contribution is -2.27. The quantitative estimate of drug-likeness (QED) is 0.769. The predicted molar refractivity (Wildman–Crippen MR) is 80.8 cm³/mol. The fourth-order valence-corrected chi connectivity index (χ4v) is 3.45. The SMILES string of the molecule is CC(Br)c1ccc(C2(c3cccs3)OCCO2)cc1. The van der Waals surface area contributed by atoms with Crippen LogP contribution in [0.25, 0.3) is 0 Å². The second-order valence-electron chi connectivity index (χ2n) is 4.53. The Labute approximate surface area is 125 Å². The van der Waals surface area contributed by atoms with Crippen molar-refractivity contribution in [3.05, 3.63) is 57.8 Å². The van der Waals surface area contributed by atoms with Gasteiger partial charge in [-0.3, -0.25) is 0 Å². The molecule has 100 valence electrons. The molecular weight excluding hydrogens is 324 g/mol. The van der Waals surface area contributed by atoms with Gasteiger partial charge in [-0.1, -0.05) is 46.3 Å². The highest BCUT2D eigenvalue weighted by atomic mass is 79.9. The maximum atomic E-state index is 5.95. The molecule has 1 aromatic carbocycles. The summed E-state index contributed by atoms with van der Waals surface area (Å²) in [6.07, 6.45) is 0. The van der Waals surface area contributed by atoms with Gasteiger partial charge in [-0.05, 0) is 23.9 Å². The largest absolute Gasteiger partial charge is 0.339 e. The van der Waals surface area contributed by atoms with Crippen molar-refractivity contribution in [1.29, 1.82) is 0 Å². The van der Waals surface area contributed by atoms with Crippen LogP contribution in [0, 0.1) is 0 Å². The Morgan fingerprint density at radius 2 is 1.84 bits per heavy atom. The summed E-state index contributed by atoms with van der Waals surface area (Å²) in [6, 6.07) is 12.5. The number of thiophene rings is 1. The molecule has 0 amide bonds. The number of halogens is 1. The van der Waals surface area contributed by atoms with Gasteiger partial charge in [-0.25, -0.2) is 0 Å². The molecule has 1 aromatic heterocycles. The molecule has 1 aliphatic heterocycles. The van der Waals surface area contributed by atoms with Crippen molar-refractivity contribution in [3.63, 3.8) is 0 Å². The van der Waals surface area contributed by atoms with Crippen molar-refractivity contribution in [1.82, 2.24) is 0 Å². The summed E-state index contributed by atoms with van der Waals surface area (Å²) in [5.41, 5.74) is 2.31. The first-order chi connectivity index (χ1) is 9.22. The Balaban J connectivity index is 2.01. The first kappa shape index (κ1) is 13.3. The molecule has 0 saturated carbocycles. The molecule has 1 saturated heterocycles. The smallest absolute Gasteiger partial charge is 0.232 e. The highest BCUT2D eigenvalue weighted by Crippen LogP contribution is 2.41. The molecule has 1 aliphatic rings. The predicted octanol–water partition coefficient (Wildman–Crippen LogP) is 4.45. The summed E-state index contributed by atoms with van der Waals surface area (Å²) >= 11 is 5.25. The van der Waals surface area contributed by atoms with Crippen molar-refractivity contribution >= 4 is 27.3 Å². The zero-order chi connectivity index (χ0) is 13.3. The third kappa shape index (κ3) is 2.38. The van der Waals surface area contributed by atoms with Crippen LogP contribution in [-0.2, 0) is 15.3 Å². The van der Waals surface area contributed by atoms with E-state index in [1.54, 1.807) is 11.3 Å². The van der Waals surface area contributed by atoms with Crippen LogP contribution in [-0.4, -0.2) is 13.2 Å². The molecule has 2 nitrogen and oxygen atoms in total. The number of alkyl halides is 1. The lowest BCUT2D eigenvalue weighted by molar-refractivity contribution is -0.127. The second-order valence-corrected chi connectivity index (χ2v) is 6.85. The summed E-state index contributed by atoms with van der Waals surface area (Å²) in [5, 5.41) is 2.05. The Bertz CT molecular complexity index is 528. The summed E-state index contributed by atoms with van der Waals surface area (Å²) in [5.74, 6) is -0.706. The fourth-order valence-electron chi connectivity index (χ4n) is 2.30. The average molecular weight is 339 g/mol. The number of benzene rings is 1. The van der Waals surface area contributed by atoms with Crippen molar-refractivity contribution in [2.45, 2.75) is 17.5 Å². The molecule has 2 aromatic rings. The number of hydrogen-bond acceptors (Lipinski definition) is 3. The van der Waals surface area contributed by atoms with E-state index in [9.17, 15) is 0 Å². The zero-order valence-corrected chi connectivity index (χ0v) is 13.0. The van der Waals surface area contributed by atoms with E-state index in [0.29, 0.717) is 18.0 Å². The summed E-state index contributed by atoms with van der Waals surface area (Å²) in [6.45, 7) is 3.38. The molecular formula is C15H15BrO2S. The van der Waals surface area contributed by atoms with E-state index in [-0.39, 0.29) is 0 Å². The van der Waals surface area contributed by atoms with E-state index in [2.05, 4.69) is 58.6 Å².